The second kappa shape index (κ2) is 23.6. The monoisotopic (exact) mass is 424 g/mol. The molecule has 0 aromatic carbocycles. The summed E-state index contributed by atoms with van der Waals surface area (Å²) in [6.07, 6.45) is 33.7. The second-order valence-electron chi connectivity index (χ2n) is 10.8. The largest absolute Gasteiger partial charge is 0.328 e. The predicted molar refractivity (Wildman–Crippen MR) is 139 cm³/mol. The smallest absolute Gasteiger partial charge is 0.0782 e. The minimum Gasteiger partial charge on any atom is -0.328 e. The Morgan fingerprint density at radius 3 is 0.833 bits per heavy atom. The normalized spacial score (nSPS) is 12.0. The summed E-state index contributed by atoms with van der Waals surface area (Å²) in [6.45, 7) is 7.31. The lowest BCUT2D eigenvalue weighted by atomic mass is 10.0. The van der Waals surface area contributed by atoms with Crippen LogP contribution in [0.25, 0.3) is 0 Å². The van der Waals surface area contributed by atoms with Crippen LogP contribution < -0.4 is 0 Å². The highest BCUT2D eigenvalue weighted by Gasteiger charge is 2.11. The maximum Gasteiger partial charge on any atom is 0.0782 e. The number of nitrogens with zero attached hydrogens (tertiary/aromatic N) is 1. The van der Waals surface area contributed by atoms with Gasteiger partial charge in [-0.05, 0) is 19.3 Å². The molecular weight excluding hydrogens is 362 g/mol. The zero-order chi connectivity index (χ0) is 22.2. The van der Waals surface area contributed by atoms with E-state index in [9.17, 15) is 0 Å². The molecule has 0 aliphatic heterocycles. The molecule has 0 amide bonds. The van der Waals surface area contributed by atoms with Crippen molar-refractivity contribution in [2.75, 3.05) is 27.2 Å². The van der Waals surface area contributed by atoms with Gasteiger partial charge in [-0.25, -0.2) is 0 Å². The quantitative estimate of drug-likeness (QED) is 0.101. The molecule has 0 fully saturated rings. The molecule has 0 atom stereocenters. The first-order valence-electron chi connectivity index (χ1n) is 14.4. The summed E-state index contributed by atoms with van der Waals surface area (Å²) in [5, 5.41) is 0. The summed E-state index contributed by atoms with van der Waals surface area (Å²) in [7, 11) is 4.78. The van der Waals surface area contributed by atoms with Crippen molar-refractivity contribution in [1.82, 2.24) is 0 Å². The van der Waals surface area contributed by atoms with Gasteiger partial charge in [-0.1, -0.05) is 142 Å². The van der Waals surface area contributed by atoms with E-state index in [0.717, 1.165) is 0 Å². The van der Waals surface area contributed by atoms with Crippen LogP contribution in [0.15, 0.2) is 0 Å². The van der Waals surface area contributed by atoms with Gasteiger partial charge >= 0.3 is 0 Å². The Bertz CT molecular complexity index is 309. The van der Waals surface area contributed by atoms with Crippen molar-refractivity contribution in [1.29, 1.82) is 0 Å². The van der Waals surface area contributed by atoms with Crippen LogP contribution in [0.5, 0.6) is 0 Å². The van der Waals surface area contributed by atoms with E-state index in [1.54, 1.807) is 0 Å². The first-order chi connectivity index (χ1) is 14.6. The van der Waals surface area contributed by atoms with Gasteiger partial charge < -0.3 is 4.48 Å². The average molecular weight is 425 g/mol. The first kappa shape index (κ1) is 30.0. The lowest BCUT2D eigenvalue weighted by molar-refractivity contribution is -0.890. The van der Waals surface area contributed by atoms with Gasteiger partial charge in [0.1, 0.15) is 0 Å². The van der Waals surface area contributed by atoms with Crippen LogP contribution in [0.4, 0.5) is 0 Å². The standard InChI is InChI=1S/C29H62N/c1-5-7-8-9-10-11-12-13-14-15-16-17-18-19-20-21-22-23-24-25-26-27-29-30(3,4)28-6-2/h5-29H2,1-4H3/q+1. The molecule has 0 N–H and O–H groups in total. The fourth-order valence-electron chi connectivity index (χ4n) is 4.87. The molecule has 1 heteroatoms. The summed E-state index contributed by atoms with van der Waals surface area (Å²) in [6, 6.07) is 0. The van der Waals surface area contributed by atoms with Crippen molar-refractivity contribution in [2.24, 2.45) is 0 Å². The predicted octanol–water partition coefficient (Wildman–Crippen LogP) is 10.1. The summed E-state index contributed by atoms with van der Waals surface area (Å²) < 4.78 is 1.22. The van der Waals surface area contributed by atoms with Crippen LogP contribution in [0, 0.1) is 0 Å². The van der Waals surface area contributed by atoms with E-state index in [2.05, 4.69) is 27.9 Å². The maximum atomic E-state index is 2.39. The molecule has 0 radical (unpaired) electrons. The Morgan fingerprint density at radius 2 is 0.567 bits per heavy atom. The minimum absolute atomic E-state index is 1.22. The molecule has 0 heterocycles. The Labute approximate surface area is 193 Å². The van der Waals surface area contributed by atoms with Gasteiger partial charge in [-0.3, -0.25) is 0 Å². The third kappa shape index (κ3) is 24.2. The molecule has 0 saturated carbocycles. The van der Waals surface area contributed by atoms with Crippen molar-refractivity contribution < 1.29 is 4.48 Å². The van der Waals surface area contributed by atoms with Crippen LogP contribution in [-0.4, -0.2) is 31.7 Å². The maximum absolute atomic E-state index is 2.39. The van der Waals surface area contributed by atoms with Gasteiger partial charge in [0.05, 0.1) is 27.2 Å². The number of rotatable bonds is 25. The highest BCUT2D eigenvalue weighted by atomic mass is 15.3. The number of quaternary nitrogens is 1. The van der Waals surface area contributed by atoms with Gasteiger partial charge in [0, 0.05) is 0 Å². The van der Waals surface area contributed by atoms with Crippen LogP contribution in [0.3, 0.4) is 0 Å². The van der Waals surface area contributed by atoms with Crippen LogP contribution >= 0.6 is 0 Å². The minimum atomic E-state index is 1.22. The Hall–Kier alpha value is -0.0400. The third-order valence-corrected chi connectivity index (χ3v) is 6.95. The zero-order valence-corrected chi connectivity index (χ0v) is 22.1. The van der Waals surface area contributed by atoms with Gasteiger partial charge in [0.25, 0.3) is 0 Å². The molecule has 0 rings (SSSR count). The molecule has 0 bridgehead atoms. The van der Waals surface area contributed by atoms with Gasteiger partial charge in [0.15, 0.2) is 0 Å². The number of hydrogen-bond donors (Lipinski definition) is 0. The summed E-state index contributed by atoms with van der Waals surface area (Å²) in [5.74, 6) is 0. The van der Waals surface area contributed by atoms with E-state index in [1.807, 2.05) is 0 Å². The van der Waals surface area contributed by atoms with E-state index in [4.69, 9.17) is 0 Å². The lowest BCUT2D eigenvalue weighted by Gasteiger charge is -2.29. The van der Waals surface area contributed by atoms with Crippen LogP contribution in [0.1, 0.15) is 162 Å². The number of unbranched alkanes of at least 4 members (excludes halogenated alkanes) is 21. The summed E-state index contributed by atoms with van der Waals surface area (Å²) in [5.41, 5.74) is 0. The van der Waals surface area contributed by atoms with Gasteiger partial charge in [0.2, 0.25) is 0 Å². The van der Waals surface area contributed by atoms with E-state index < -0.39 is 0 Å². The Balaban J connectivity index is 3.08. The second-order valence-corrected chi connectivity index (χ2v) is 10.8. The molecule has 0 aromatic heterocycles. The van der Waals surface area contributed by atoms with Crippen LogP contribution in [-0.2, 0) is 0 Å². The van der Waals surface area contributed by atoms with E-state index in [0.29, 0.717) is 0 Å². The molecule has 1 nitrogen and oxygen atoms in total. The lowest BCUT2D eigenvalue weighted by Crippen LogP contribution is -2.40. The van der Waals surface area contributed by atoms with E-state index in [-0.39, 0.29) is 0 Å². The summed E-state index contributed by atoms with van der Waals surface area (Å²) >= 11 is 0. The van der Waals surface area contributed by atoms with E-state index >= 15 is 0 Å². The molecule has 30 heavy (non-hydrogen) atoms. The molecule has 182 valence electrons. The molecule has 0 aliphatic carbocycles. The van der Waals surface area contributed by atoms with Crippen molar-refractivity contribution in [3.8, 4) is 0 Å². The SMILES string of the molecule is CCCCCCCCCCCCCCCCCCCCCCCC[N+](C)(C)CCC. The fourth-order valence-corrected chi connectivity index (χ4v) is 4.87. The van der Waals surface area contributed by atoms with E-state index in [1.165, 1.54) is 165 Å². The Morgan fingerprint density at radius 1 is 0.300 bits per heavy atom. The van der Waals surface area contributed by atoms with Crippen molar-refractivity contribution in [2.45, 2.75) is 162 Å². The third-order valence-electron chi connectivity index (χ3n) is 6.95. The van der Waals surface area contributed by atoms with Crippen molar-refractivity contribution >= 4 is 0 Å². The highest BCUT2D eigenvalue weighted by molar-refractivity contribution is 4.51. The Kier molecular flexibility index (Phi) is 23.6. The molecule has 0 saturated heterocycles. The molecular formula is C29H62N+. The fraction of sp³-hybridized carbons (Fsp3) is 1.00. The van der Waals surface area contributed by atoms with Gasteiger partial charge in [-0.15, -0.1) is 0 Å². The van der Waals surface area contributed by atoms with Gasteiger partial charge in [-0.2, -0.15) is 0 Å². The zero-order valence-electron chi connectivity index (χ0n) is 22.1. The first-order valence-corrected chi connectivity index (χ1v) is 14.4. The topological polar surface area (TPSA) is 0 Å². The number of hydrogen-bond acceptors (Lipinski definition) is 0. The molecule has 0 unspecified atom stereocenters. The van der Waals surface area contributed by atoms with Crippen LogP contribution in [0.2, 0.25) is 0 Å². The van der Waals surface area contributed by atoms with Crippen molar-refractivity contribution in [3.05, 3.63) is 0 Å². The molecule has 0 spiro atoms. The summed E-state index contributed by atoms with van der Waals surface area (Å²) in [4.78, 5) is 0. The molecule has 0 aromatic rings. The highest BCUT2D eigenvalue weighted by Crippen LogP contribution is 2.15. The van der Waals surface area contributed by atoms with Crippen molar-refractivity contribution in [3.63, 3.8) is 0 Å². The molecule has 0 aliphatic rings. The average Bonchev–Trinajstić information content (AvgIpc) is 2.71.